The van der Waals surface area contributed by atoms with E-state index < -0.39 is 0 Å². The Kier molecular flexibility index (Phi) is 6.19. The number of piperazine rings is 1. The van der Waals surface area contributed by atoms with Crippen molar-refractivity contribution in [2.75, 3.05) is 61.4 Å². The molecule has 0 aromatic heterocycles. The van der Waals surface area contributed by atoms with Gasteiger partial charge in [-0.25, -0.2) is 0 Å². The number of rotatable bonds is 6. The summed E-state index contributed by atoms with van der Waals surface area (Å²) in [6.45, 7) is 8.32. The summed E-state index contributed by atoms with van der Waals surface area (Å²) in [5.74, 6) is -0.0152. The zero-order valence-corrected chi connectivity index (χ0v) is 17.9. The maximum atomic E-state index is 12.5. The average molecular weight is 404 g/mol. The van der Waals surface area contributed by atoms with Crippen LogP contribution in [-0.4, -0.2) is 52.2 Å². The van der Waals surface area contributed by atoms with Crippen LogP contribution in [0.1, 0.15) is 6.92 Å². The van der Waals surface area contributed by atoms with E-state index in [9.17, 15) is 4.79 Å². The number of amides is 1. The van der Waals surface area contributed by atoms with Crippen LogP contribution in [0.25, 0.3) is 10.8 Å². The fourth-order valence-corrected chi connectivity index (χ4v) is 4.11. The number of nitrogens with zero attached hydrogens (tertiary/aromatic N) is 2. The van der Waals surface area contributed by atoms with Crippen molar-refractivity contribution in [2.24, 2.45) is 0 Å². The molecule has 0 spiro atoms. The summed E-state index contributed by atoms with van der Waals surface area (Å²) >= 11 is 0. The van der Waals surface area contributed by atoms with Crippen LogP contribution < -0.4 is 20.0 Å². The van der Waals surface area contributed by atoms with Gasteiger partial charge >= 0.3 is 0 Å². The lowest BCUT2D eigenvalue weighted by Gasteiger charge is -2.33. The number of nitrogens with one attached hydrogen (secondary N) is 2. The molecule has 30 heavy (non-hydrogen) atoms. The molecule has 1 heterocycles. The number of hydrogen-bond donors (Lipinski definition) is 2. The van der Waals surface area contributed by atoms with Gasteiger partial charge in [-0.05, 0) is 54.1 Å². The first-order chi connectivity index (χ1) is 14.6. The van der Waals surface area contributed by atoms with Gasteiger partial charge in [0.15, 0.2) is 0 Å². The summed E-state index contributed by atoms with van der Waals surface area (Å²) in [6, 6.07) is 22.8. The van der Waals surface area contributed by atoms with E-state index in [1.807, 2.05) is 36.2 Å². The predicted octanol–water partition coefficient (Wildman–Crippen LogP) is 2.64. The molecule has 5 nitrogen and oxygen atoms in total. The van der Waals surface area contributed by atoms with Gasteiger partial charge < -0.3 is 20.0 Å². The number of benzene rings is 3. The monoisotopic (exact) mass is 403 g/mol. The van der Waals surface area contributed by atoms with Crippen molar-refractivity contribution in [3.63, 3.8) is 0 Å². The number of likely N-dealkylation sites (N-methyl/N-ethyl adjacent to an activating group) is 2. The Bertz CT molecular complexity index is 993. The Balaban J connectivity index is 1.33. The smallest absolute Gasteiger partial charge is 0.243 e. The lowest BCUT2D eigenvalue weighted by molar-refractivity contribution is -0.898. The molecule has 0 atom stereocenters. The molecular weight excluding hydrogens is 372 g/mol. The van der Waals surface area contributed by atoms with Crippen molar-refractivity contribution in [1.82, 2.24) is 0 Å². The third-order valence-electron chi connectivity index (χ3n) is 6.04. The van der Waals surface area contributed by atoms with Gasteiger partial charge in [-0.3, -0.25) is 4.79 Å². The van der Waals surface area contributed by atoms with Gasteiger partial charge in [0.1, 0.15) is 0 Å². The number of anilines is 3. The number of quaternary nitrogens is 1. The molecule has 1 aliphatic heterocycles. The maximum absolute atomic E-state index is 12.5. The maximum Gasteiger partial charge on any atom is 0.243 e. The van der Waals surface area contributed by atoms with Crippen molar-refractivity contribution in [3.05, 3.63) is 66.7 Å². The molecule has 0 aliphatic carbocycles. The second kappa shape index (κ2) is 9.18. The fourth-order valence-electron chi connectivity index (χ4n) is 4.11. The predicted molar refractivity (Wildman–Crippen MR) is 126 cm³/mol. The first-order valence-corrected chi connectivity index (χ1v) is 10.8. The normalized spacial score (nSPS) is 14.7. The lowest BCUT2D eigenvalue weighted by Crippen LogP contribution is -3.14. The molecule has 0 bridgehead atoms. The number of carbonyl (C=O) groups excluding carboxylic acids is 1. The molecule has 4 rings (SSSR count). The van der Waals surface area contributed by atoms with Gasteiger partial charge in [-0.1, -0.05) is 30.3 Å². The minimum atomic E-state index is -0.0152. The topological polar surface area (TPSA) is 40.0 Å². The SMILES string of the molecule is CC[NH+]1CCN(c2ccc(NC(=O)CN(C)c3ccc4ccccc4c3)cc2)CC1. The van der Waals surface area contributed by atoms with Crippen molar-refractivity contribution in [3.8, 4) is 0 Å². The van der Waals surface area contributed by atoms with Gasteiger partial charge in [0.05, 0.1) is 39.3 Å². The molecule has 0 saturated carbocycles. The molecule has 2 N–H and O–H groups in total. The molecule has 1 aliphatic rings. The third kappa shape index (κ3) is 4.74. The molecule has 0 radical (unpaired) electrons. The number of hydrogen-bond acceptors (Lipinski definition) is 3. The molecule has 156 valence electrons. The van der Waals surface area contributed by atoms with E-state index in [0.29, 0.717) is 6.54 Å². The Morgan fingerprint density at radius 1 is 1.00 bits per heavy atom. The van der Waals surface area contributed by atoms with Gasteiger partial charge in [0.2, 0.25) is 5.91 Å². The van der Waals surface area contributed by atoms with Gasteiger partial charge in [-0.2, -0.15) is 0 Å². The first kappa shape index (κ1) is 20.2. The van der Waals surface area contributed by atoms with Crippen molar-refractivity contribution in [1.29, 1.82) is 0 Å². The zero-order valence-electron chi connectivity index (χ0n) is 17.9. The van der Waals surface area contributed by atoms with Crippen LogP contribution in [0.2, 0.25) is 0 Å². The Hall–Kier alpha value is -3.05. The number of fused-ring (bicyclic) bond motifs is 1. The summed E-state index contributed by atoms with van der Waals surface area (Å²) < 4.78 is 0. The fraction of sp³-hybridized carbons (Fsp3) is 0.320. The van der Waals surface area contributed by atoms with Gasteiger partial charge in [0.25, 0.3) is 0 Å². The minimum absolute atomic E-state index is 0.0152. The summed E-state index contributed by atoms with van der Waals surface area (Å²) in [5, 5.41) is 5.41. The summed E-state index contributed by atoms with van der Waals surface area (Å²) in [5.41, 5.74) is 3.11. The van der Waals surface area contributed by atoms with Crippen molar-refractivity contribution >= 4 is 33.7 Å². The van der Waals surface area contributed by atoms with Crippen LogP contribution in [0.4, 0.5) is 17.1 Å². The molecule has 3 aromatic carbocycles. The second-order valence-electron chi connectivity index (χ2n) is 8.07. The van der Waals surface area contributed by atoms with E-state index in [-0.39, 0.29) is 5.91 Å². The highest BCUT2D eigenvalue weighted by molar-refractivity contribution is 5.94. The van der Waals surface area contributed by atoms with E-state index in [0.717, 1.165) is 24.5 Å². The lowest BCUT2D eigenvalue weighted by atomic mass is 10.1. The quantitative estimate of drug-likeness (QED) is 0.665. The molecule has 0 unspecified atom stereocenters. The minimum Gasteiger partial charge on any atom is -0.365 e. The summed E-state index contributed by atoms with van der Waals surface area (Å²) in [6.07, 6.45) is 0. The van der Waals surface area contributed by atoms with E-state index in [1.54, 1.807) is 4.90 Å². The Morgan fingerprint density at radius 3 is 2.40 bits per heavy atom. The Labute approximate surface area is 178 Å². The molecule has 5 heteroatoms. The van der Waals surface area contributed by atoms with E-state index >= 15 is 0 Å². The van der Waals surface area contributed by atoms with Crippen molar-refractivity contribution in [2.45, 2.75) is 6.92 Å². The first-order valence-electron chi connectivity index (χ1n) is 10.8. The highest BCUT2D eigenvalue weighted by atomic mass is 16.2. The van der Waals surface area contributed by atoms with E-state index in [4.69, 9.17) is 0 Å². The number of carbonyl (C=O) groups is 1. The van der Waals surface area contributed by atoms with Crippen LogP contribution in [0, 0.1) is 0 Å². The van der Waals surface area contributed by atoms with Crippen LogP contribution in [0.15, 0.2) is 66.7 Å². The third-order valence-corrected chi connectivity index (χ3v) is 6.04. The largest absolute Gasteiger partial charge is 0.365 e. The summed E-state index contributed by atoms with van der Waals surface area (Å²) in [4.78, 5) is 18.6. The molecule has 1 saturated heterocycles. The van der Waals surface area contributed by atoms with Crippen LogP contribution >= 0.6 is 0 Å². The molecule has 1 amide bonds. The van der Waals surface area contributed by atoms with Gasteiger partial charge in [0, 0.05) is 24.1 Å². The molecule has 1 fully saturated rings. The van der Waals surface area contributed by atoms with E-state index in [2.05, 4.69) is 59.6 Å². The zero-order chi connectivity index (χ0) is 20.9. The summed E-state index contributed by atoms with van der Waals surface area (Å²) in [7, 11) is 1.95. The van der Waals surface area contributed by atoms with Crippen LogP contribution in [0.5, 0.6) is 0 Å². The van der Waals surface area contributed by atoms with Crippen LogP contribution in [0.3, 0.4) is 0 Å². The van der Waals surface area contributed by atoms with Crippen LogP contribution in [-0.2, 0) is 4.79 Å². The van der Waals surface area contributed by atoms with E-state index in [1.165, 1.54) is 36.1 Å². The molecular formula is C25H31N4O+. The average Bonchev–Trinajstić information content (AvgIpc) is 2.79. The molecule has 3 aromatic rings. The second-order valence-corrected chi connectivity index (χ2v) is 8.07. The highest BCUT2D eigenvalue weighted by Gasteiger charge is 2.18. The highest BCUT2D eigenvalue weighted by Crippen LogP contribution is 2.22. The standard InChI is InChI=1S/C25H30N4O/c1-3-28-14-16-29(17-15-28)23-12-9-22(10-13-23)26-25(30)19-27(2)24-11-8-20-6-4-5-7-21(20)18-24/h4-13,18H,3,14-17,19H2,1-2H3,(H,26,30)/p+1. The van der Waals surface area contributed by atoms with Gasteiger partial charge in [-0.15, -0.1) is 0 Å². The Morgan fingerprint density at radius 2 is 1.70 bits per heavy atom. The van der Waals surface area contributed by atoms with Crippen molar-refractivity contribution < 1.29 is 9.69 Å².